The average molecular weight is 258 g/mol. The highest BCUT2D eigenvalue weighted by atomic mass is 15.3. The predicted molar refractivity (Wildman–Crippen MR) is 77.2 cm³/mol. The predicted octanol–water partition coefficient (Wildman–Crippen LogP) is 2.18. The monoisotopic (exact) mass is 258 g/mol. The van der Waals surface area contributed by atoms with E-state index in [9.17, 15) is 5.26 Å². The minimum Gasteiger partial charge on any atom is -0.354 e. The van der Waals surface area contributed by atoms with Crippen molar-refractivity contribution < 1.29 is 0 Å². The van der Waals surface area contributed by atoms with Crippen LogP contribution >= 0.6 is 0 Å². The first-order chi connectivity index (χ1) is 9.19. The third kappa shape index (κ3) is 2.87. The molecule has 1 saturated heterocycles. The van der Waals surface area contributed by atoms with Crippen LogP contribution in [-0.4, -0.2) is 42.1 Å². The molecule has 1 atom stereocenters. The van der Waals surface area contributed by atoms with Crippen LogP contribution in [0.2, 0.25) is 0 Å². The number of hydrogen-bond acceptors (Lipinski definition) is 4. The summed E-state index contributed by atoms with van der Waals surface area (Å²) < 4.78 is 0. The van der Waals surface area contributed by atoms with Gasteiger partial charge < -0.3 is 4.90 Å². The fourth-order valence-electron chi connectivity index (χ4n) is 2.84. The average Bonchev–Trinajstić information content (AvgIpc) is 2.89. The van der Waals surface area contributed by atoms with Gasteiger partial charge >= 0.3 is 0 Å². The number of aryl methyl sites for hydroxylation is 1. The van der Waals surface area contributed by atoms with Gasteiger partial charge in [-0.15, -0.1) is 0 Å². The lowest BCUT2D eigenvalue weighted by Gasteiger charge is -2.26. The van der Waals surface area contributed by atoms with Crippen molar-refractivity contribution in [1.82, 2.24) is 9.88 Å². The highest BCUT2D eigenvalue weighted by Crippen LogP contribution is 2.24. The van der Waals surface area contributed by atoms with Gasteiger partial charge in [-0.3, -0.25) is 4.90 Å². The lowest BCUT2D eigenvalue weighted by Crippen LogP contribution is -2.37. The zero-order valence-corrected chi connectivity index (χ0v) is 12.1. The number of anilines is 1. The van der Waals surface area contributed by atoms with E-state index in [1.165, 1.54) is 0 Å². The summed E-state index contributed by atoms with van der Waals surface area (Å²) >= 11 is 0. The van der Waals surface area contributed by atoms with Gasteiger partial charge in [-0.2, -0.15) is 5.26 Å². The molecule has 4 nitrogen and oxygen atoms in total. The number of rotatable bonds is 4. The van der Waals surface area contributed by atoms with Crippen molar-refractivity contribution in [2.45, 2.75) is 33.2 Å². The van der Waals surface area contributed by atoms with Gasteiger partial charge in [0.2, 0.25) is 0 Å². The Morgan fingerprint density at radius 3 is 2.79 bits per heavy atom. The SMILES string of the molecule is CCN(CC)C1CCN(c2nc(C)ccc2C#N)C1. The van der Waals surface area contributed by atoms with E-state index in [1.54, 1.807) is 0 Å². The third-order valence-corrected chi connectivity index (χ3v) is 3.93. The van der Waals surface area contributed by atoms with Crippen LogP contribution in [0, 0.1) is 18.3 Å². The smallest absolute Gasteiger partial charge is 0.146 e. The number of nitriles is 1. The van der Waals surface area contributed by atoms with E-state index in [0.29, 0.717) is 11.6 Å². The Morgan fingerprint density at radius 2 is 2.16 bits per heavy atom. The highest BCUT2D eigenvalue weighted by Gasteiger charge is 2.28. The fraction of sp³-hybridized carbons (Fsp3) is 0.600. The molecule has 1 aliphatic rings. The molecule has 2 heterocycles. The summed E-state index contributed by atoms with van der Waals surface area (Å²) in [6.07, 6.45) is 1.15. The van der Waals surface area contributed by atoms with Gasteiger partial charge in [0.05, 0.1) is 5.56 Å². The second-order valence-electron chi connectivity index (χ2n) is 5.05. The van der Waals surface area contributed by atoms with Gasteiger partial charge in [-0.1, -0.05) is 13.8 Å². The van der Waals surface area contributed by atoms with Gasteiger partial charge in [0.25, 0.3) is 0 Å². The lowest BCUT2D eigenvalue weighted by molar-refractivity contribution is 0.232. The van der Waals surface area contributed by atoms with Gasteiger partial charge in [0, 0.05) is 24.8 Å². The first kappa shape index (κ1) is 13.8. The van der Waals surface area contributed by atoms with E-state index in [2.05, 4.69) is 34.7 Å². The zero-order valence-electron chi connectivity index (χ0n) is 12.1. The summed E-state index contributed by atoms with van der Waals surface area (Å²) in [5.41, 5.74) is 1.66. The van der Waals surface area contributed by atoms with E-state index < -0.39 is 0 Å². The molecule has 0 N–H and O–H groups in total. The summed E-state index contributed by atoms with van der Waals surface area (Å²) in [4.78, 5) is 9.30. The van der Waals surface area contributed by atoms with Crippen molar-refractivity contribution in [2.75, 3.05) is 31.1 Å². The topological polar surface area (TPSA) is 43.2 Å². The normalized spacial score (nSPS) is 18.9. The Kier molecular flexibility index (Phi) is 4.39. The molecule has 1 aromatic rings. The number of pyridine rings is 1. The van der Waals surface area contributed by atoms with E-state index in [0.717, 1.165) is 44.1 Å². The van der Waals surface area contributed by atoms with Crippen LogP contribution in [0.15, 0.2) is 12.1 Å². The van der Waals surface area contributed by atoms with Gasteiger partial charge in [0.15, 0.2) is 0 Å². The Bertz CT molecular complexity index is 474. The summed E-state index contributed by atoms with van der Waals surface area (Å²) in [6.45, 7) is 10.5. The van der Waals surface area contributed by atoms with Crippen LogP contribution in [0.4, 0.5) is 5.82 Å². The molecule has 1 aliphatic heterocycles. The Morgan fingerprint density at radius 1 is 1.42 bits per heavy atom. The molecule has 0 bridgehead atoms. The number of hydrogen-bond donors (Lipinski definition) is 0. The summed E-state index contributed by atoms with van der Waals surface area (Å²) in [6, 6.07) is 6.62. The van der Waals surface area contributed by atoms with Crippen molar-refractivity contribution in [3.63, 3.8) is 0 Å². The van der Waals surface area contributed by atoms with Crippen LogP contribution < -0.4 is 4.90 Å². The van der Waals surface area contributed by atoms with E-state index >= 15 is 0 Å². The molecule has 4 heteroatoms. The molecule has 102 valence electrons. The summed E-state index contributed by atoms with van der Waals surface area (Å²) in [7, 11) is 0. The maximum Gasteiger partial charge on any atom is 0.146 e. The number of likely N-dealkylation sites (N-methyl/N-ethyl adjacent to an activating group) is 1. The van der Waals surface area contributed by atoms with Crippen molar-refractivity contribution in [3.05, 3.63) is 23.4 Å². The van der Waals surface area contributed by atoms with Crippen molar-refractivity contribution in [2.24, 2.45) is 0 Å². The van der Waals surface area contributed by atoms with Gasteiger partial charge in [-0.25, -0.2) is 4.98 Å². The standard InChI is InChI=1S/C15H22N4/c1-4-18(5-2)14-8-9-19(11-14)15-13(10-16)7-6-12(3)17-15/h6-7,14H,4-5,8-9,11H2,1-3H3. The van der Waals surface area contributed by atoms with Gasteiger partial charge in [-0.05, 0) is 38.6 Å². The molecule has 1 unspecified atom stereocenters. The molecule has 0 aromatic carbocycles. The number of nitrogens with zero attached hydrogens (tertiary/aromatic N) is 4. The highest BCUT2D eigenvalue weighted by molar-refractivity contribution is 5.55. The molecule has 0 amide bonds. The molecule has 0 spiro atoms. The molecule has 1 fully saturated rings. The molecular formula is C15H22N4. The molecule has 2 rings (SSSR count). The first-order valence-corrected chi connectivity index (χ1v) is 7.06. The first-order valence-electron chi connectivity index (χ1n) is 7.06. The van der Waals surface area contributed by atoms with E-state index in [4.69, 9.17) is 0 Å². The van der Waals surface area contributed by atoms with E-state index in [1.807, 2.05) is 19.1 Å². The van der Waals surface area contributed by atoms with Crippen molar-refractivity contribution in [1.29, 1.82) is 5.26 Å². The van der Waals surface area contributed by atoms with Crippen LogP contribution in [-0.2, 0) is 0 Å². The molecule has 0 saturated carbocycles. The second-order valence-corrected chi connectivity index (χ2v) is 5.05. The van der Waals surface area contributed by atoms with Crippen LogP contribution in [0.25, 0.3) is 0 Å². The van der Waals surface area contributed by atoms with Crippen molar-refractivity contribution >= 4 is 5.82 Å². The fourth-order valence-corrected chi connectivity index (χ4v) is 2.84. The van der Waals surface area contributed by atoms with Gasteiger partial charge in [0.1, 0.15) is 11.9 Å². The minimum atomic E-state index is 0.587. The third-order valence-electron chi connectivity index (χ3n) is 3.93. The van der Waals surface area contributed by atoms with Crippen LogP contribution in [0.3, 0.4) is 0 Å². The quantitative estimate of drug-likeness (QED) is 0.830. The molecule has 0 aliphatic carbocycles. The zero-order chi connectivity index (χ0) is 13.8. The maximum atomic E-state index is 9.21. The molecule has 0 radical (unpaired) electrons. The molecule has 19 heavy (non-hydrogen) atoms. The largest absolute Gasteiger partial charge is 0.354 e. The maximum absolute atomic E-state index is 9.21. The number of aromatic nitrogens is 1. The van der Waals surface area contributed by atoms with E-state index in [-0.39, 0.29) is 0 Å². The molecular weight excluding hydrogens is 236 g/mol. The Labute approximate surface area is 115 Å². The van der Waals surface area contributed by atoms with Crippen LogP contribution in [0.1, 0.15) is 31.5 Å². The Balaban J connectivity index is 2.17. The second kappa shape index (κ2) is 6.03. The summed E-state index contributed by atoms with van der Waals surface area (Å²) in [5, 5.41) is 9.21. The Hall–Kier alpha value is -1.60. The minimum absolute atomic E-state index is 0.587. The lowest BCUT2D eigenvalue weighted by atomic mass is 10.2. The molecule has 1 aromatic heterocycles. The summed E-state index contributed by atoms with van der Waals surface area (Å²) in [5.74, 6) is 0.858. The van der Waals surface area contributed by atoms with Crippen LogP contribution in [0.5, 0.6) is 0 Å². The van der Waals surface area contributed by atoms with Crippen molar-refractivity contribution in [3.8, 4) is 6.07 Å².